The van der Waals surface area contributed by atoms with Crippen molar-refractivity contribution in [3.05, 3.63) is 0 Å². The summed E-state index contributed by atoms with van der Waals surface area (Å²) in [6.07, 6.45) is 5.25. The summed E-state index contributed by atoms with van der Waals surface area (Å²) in [4.78, 5) is 9.96. The highest BCUT2D eigenvalue weighted by Crippen LogP contribution is 2.63. The average Bonchev–Trinajstić information content (AvgIpc) is 2.26. The highest BCUT2D eigenvalue weighted by Gasteiger charge is 2.48. The van der Waals surface area contributed by atoms with Gasteiger partial charge in [-0.3, -0.25) is 0 Å². The van der Waals surface area contributed by atoms with E-state index < -0.39 is 10.8 Å². The largest absolute Gasteiger partial charge is 0.380 e. The first-order valence-corrected chi connectivity index (χ1v) is 9.75. The van der Waals surface area contributed by atoms with E-state index in [2.05, 4.69) is 19.2 Å². The zero-order valence-corrected chi connectivity index (χ0v) is 12.3. The molecule has 0 aromatic carbocycles. The van der Waals surface area contributed by atoms with E-state index in [4.69, 9.17) is 17.5 Å². The molecule has 0 radical (unpaired) electrons. The monoisotopic (exact) mass is 283 g/mol. The molecule has 4 unspecified atom stereocenters. The minimum atomic E-state index is -3.05. The van der Waals surface area contributed by atoms with Gasteiger partial charge in [-0.15, -0.1) is 12.2 Å². The third-order valence-electron chi connectivity index (χ3n) is 3.83. The number of rotatable bonds is 4. The number of nitrogens with two attached hydrogens (primary N) is 1. The van der Waals surface area contributed by atoms with Crippen molar-refractivity contribution in [2.45, 2.75) is 44.4 Å². The summed E-state index contributed by atoms with van der Waals surface area (Å²) < 4.78 is 0. The van der Waals surface area contributed by atoms with Gasteiger partial charge in [-0.05, 0) is 18.3 Å². The average molecular weight is 283 g/mol. The van der Waals surface area contributed by atoms with Crippen LogP contribution in [0.2, 0.25) is 0 Å². The Morgan fingerprint density at radius 3 is 2.50 bits per heavy atom. The van der Waals surface area contributed by atoms with Crippen LogP contribution in [-0.2, 0) is 11.8 Å². The van der Waals surface area contributed by atoms with Gasteiger partial charge in [0.05, 0.1) is 0 Å². The maximum atomic E-state index is 10.6. The van der Waals surface area contributed by atoms with E-state index in [9.17, 15) is 10.00 Å². The number of thiol groups is 1. The highest BCUT2D eigenvalue weighted by atomic mass is 32.9. The van der Waals surface area contributed by atoms with Crippen molar-refractivity contribution < 1.29 is 10.00 Å². The second kappa shape index (κ2) is 5.68. The molecule has 1 aliphatic carbocycles. The predicted octanol–water partition coefficient (Wildman–Crippen LogP) is 2.08. The first kappa shape index (κ1) is 14.9. The van der Waals surface area contributed by atoms with Crippen LogP contribution in [0.3, 0.4) is 0 Å². The summed E-state index contributed by atoms with van der Waals surface area (Å²) >= 11 is 9.06. The van der Waals surface area contributed by atoms with Crippen molar-refractivity contribution in [3.8, 4) is 0 Å². The molecule has 1 fully saturated rings. The SMILES string of the molecule is CCC1CCCCC1C(O)(CN)P(O)(=S)S. The van der Waals surface area contributed by atoms with Crippen LogP contribution in [0, 0.1) is 11.8 Å². The summed E-state index contributed by atoms with van der Waals surface area (Å²) in [5.74, 6) is 0.411. The molecule has 1 rings (SSSR count). The normalized spacial score (nSPS) is 34.1. The molecule has 3 nitrogen and oxygen atoms in total. The molecule has 4 atom stereocenters. The van der Waals surface area contributed by atoms with Crippen molar-refractivity contribution in [1.82, 2.24) is 0 Å². The molecule has 0 aromatic heterocycles. The lowest BCUT2D eigenvalue weighted by atomic mass is 9.74. The van der Waals surface area contributed by atoms with Gasteiger partial charge >= 0.3 is 0 Å². The third kappa shape index (κ3) is 2.82. The Balaban J connectivity index is 2.97. The summed E-state index contributed by atoms with van der Waals surface area (Å²) in [5, 5.41) is 9.22. The first-order chi connectivity index (χ1) is 7.36. The highest BCUT2D eigenvalue weighted by molar-refractivity contribution is 8.61. The topological polar surface area (TPSA) is 66.5 Å². The van der Waals surface area contributed by atoms with Gasteiger partial charge in [0.15, 0.2) is 0 Å². The van der Waals surface area contributed by atoms with Crippen LogP contribution in [0.4, 0.5) is 0 Å². The summed E-state index contributed by atoms with van der Waals surface area (Å²) in [6.45, 7) is 2.12. The molecule has 0 spiro atoms. The lowest BCUT2D eigenvalue weighted by Gasteiger charge is -2.44. The minimum Gasteiger partial charge on any atom is -0.380 e. The van der Waals surface area contributed by atoms with Crippen LogP contribution in [0.15, 0.2) is 0 Å². The molecule has 0 saturated heterocycles. The molecular formula is C10H22NO2PS2. The molecule has 6 heteroatoms. The van der Waals surface area contributed by atoms with Crippen molar-refractivity contribution in [2.75, 3.05) is 6.54 Å². The van der Waals surface area contributed by atoms with E-state index >= 15 is 0 Å². The zero-order chi connectivity index (χ0) is 12.4. The van der Waals surface area contributed by atoms with Crippen LogP contribution >= 0.6 is 17.7 Å². The Labute approximate surface area is 108 Å². The number of hydrogen-bond donors (Lipinski definition) is 4. The van der Waals surface area contributed by atoms with E-state index in [1.807, 2.05) is 0 Å². The van der Waals surface area contributed by atoms with Gasteiger partial charge in [-0.1, -0.05) is 44.4 Å². The Hall–Kier alpha value is 0.880. The third-order valence-corrected chi connectivity index (χ3v) is 7.34. The smallest absolute Gasteiger partial charge is 0.146 e. The molecule has 96 valence electrons. The molecule has 0 aliphatic heterocycles. The van der Waals surface area contributed by atoms with E-state index in [0.717, 1.165) is 25.7 Å². The van der Waals surface area contributed by atoms with Crippen LogP contribution in [0.5, 0.6) is 0 Å². The van der Waals surface area contributed by atoms with Gasteiger partial charge in [0.25, 0.3) is 0 Å². The van der Waals surface area contributed by atoms with Crippen LogP contribution in [0.25, 0.3) is 0 Å². The Kier molecular flexibility index (Phi) is 5.30. The molecule has 0 bridgehead atoms. The first-order valence-electron chi connectivity index (χ1n) is 5.85. The standard InChI is InChI=1S/C10H22NO2PS2/c1-2-8-5-3-4-6-9(8)10(12,7-11)14(13,15)16/h8-9,12H,2-7,11H2,1H3,(H2,13,15,16). The van der Waals surface area contributed by atoms with Crippen LogP contribution in [-0.4, -0.2) is 21.9 Å². The van der Waals surface area contributed by atoms with Crippen molar-refractivity contribution >= 4 is 29.5 Å². The lowest BCUT2D eigenvalue weighted by Crippen LogP contribution is -2.47. The molecule has 0 aromatic rings. The maximum absolute atomic E-state index is 10.6. The van der Waals surface area contributed by atoms with Gasteiger partial charge < -0.3 is 15.7 Å². The minimum absolute atomic E-state index is 0.00424. The lowest BCUT2D eigenvalue weighted by molar-refractivity contribution is 0.0142. The fraction of sp³-hybridized carbons (Fsp3) is 1.00. The van der Waals surface area contributed by atoms with Gasteiger partial charge in [-0.25, -0.2) is 0 Å². The van der Waals surface area contributed by atoms with Gasteiger partial charge in [0.2, 0.25) is 0 Å². The number of hydrogen-bond acceptors (Lipinski definition) is 3. The van der Waals surface area contributed by atoms with Crippen molar-refractivity contribution in [2.24, 2.45) is 17.6 Å². The van der Waals surface area contributed by atoms with E-state index in [0.29, 0.717) is 5.92 Å². The molecule has 16 heavy (non-hydrogen) atoms. The zero-order valence-electron chi connectivity index (χ0n) is 9.67. The Morgan fingerprint density at radius 1 is 1.50 bits per heavy atom. The quantitative estimate of drug-likeness (QED) is 0.471. The van der Waals surface area contributed by atoms with Gasteiger partial charge in [0, 0.05) is 6.54 Å². The van der Waals surface area contributed by atoms with Crippen LogP contribution in [0.1, 0.15) is 39.0 Å². The molecule has 0 heterocycles. The second-order valence-corrected chi connectivity index (χ2v) is 10.7. The van der Waals surface area contributed by atoms with Crippen molar-refractivity contribution in [3.63, 3.8) is 0 Å². The molecule has 1 aliphatic rings. The van der Waals surface area contributed by atoms with E-state index in [1.54, 1.807) is 0 Å². The predicted molar refractivity (Wildman–Crippen MR) is 75.2 cm³/mol. The summed E-state index contributed by atoms with van der Waals surface area (Å²) in [6, 6.07) is 0. The fourth-order valence-corrected chi connectivity index (χ4v) is 5.12. The van der Waals surface area contributed by atoms with Gasteiger partial charge in [-0.2, -0.15) is 0 Å². The Morgan fingerprint density at radius 2 is 2.06 bits per heavy atom. The molecule has 4 N–H and O–H groups in total. The fourth-order valence-electron chi connectivity index (χ4n) is 2.79. The summed E-state index contributed by atoms with van der Waals surface area (Å²) in [5.41, 5.74) is 2.59. The maximum Gasteiger partial charge on any atom is 0.146 e. The molecule has 0 amide bonds. The van der Waals surface area contributed by atoms with Gasteiger partial charge in [0.1, 0.15) is 10.8 Å². The number of aliphatic hydroxyl groups is 1. The molecular weight excluding hydrogens is 261 g/mol. The Bertz CT molecular complexity index is 284. The van der Waals surface area contributed by atoms with Crippen LogP contribution < -0.4 is 5.73 Å². The molecule has 1 saturated carbocycles. The van der Waals surface area contributed by atoms with E-state index in [1.165, 1.54) is 6.42 Å². The second-order valence-electron chi connectivity index (χ2n) is 4.69. The van der Waals surface area contributed by atoms with Crippen molar-refractivity contribution in [1.29, 1.82) is 0 Å². The summed E-state index contributed by atoms with van der Waals surface area (Å²) in [7, 11) is 0. The van der Waals surface area contributed by atoms with E-state index in [-0.39, 0.29) is 12.5 Å².